The summed E-state index contributed by atoms with van der Waals surface area (Å²) in [5.74, 6) is 0.451. The van der Waals surface area contributed by atoms with Gasteiger partial charge in [0.25, 0.3) is 5.69 Å². The number of nitro benzene ring substituents is 1. The highest BCUT2D eigenvalue weighted by molar-refractivity contribution is 6.31. The van der Waals surface area contributed by atoms with Crippen LogP contribution >= 0.6 is 11.6 Å². The molecular weight excluding hydrogens is 254 g/mol. The minimum atomic E-state index is -0.469. The van der Waals surface area contributed by atoms with Crippen molar-refractivity contribution < 1.29 is 10.0 Å². The zero-order chi connectivity index (χ0) is 13.7. The van der Waals surface area contributed by atoms with E-state index in [0.717, 1.165) is 12.0 Å². The number of aryl methyl sites for hydroxylation is 1. The van der Waals surface area contributed by atoms with E-state index in [9.17, 15) is 15.2 Å². The predicted octanol–water partition coefficient (Wildman–Crippen LogP) is 3.59. The molecule has 1 atom stereocenters. The highest BCUT2D eigenvalue weighted by Gasteiger charge is 2.12. The molecule has 0 spiro atoms. The lowest BCUT2D eigenvalue weighted by Gasteiger charge is -2.13. The van der Waals surface area contributed by atoms with Gasteiger partial charge in [-0.2, -0.15) is 0 Å². The number of non-ortho nitro benzene ring substituents is 1. The van der Waals surface area contributed by atoms with Crippen LogP contribution in [0.4, 0.5) is 5.69 Å². The first-order valence-corrected chi connectivity index (χ1v) is 6.38. The van der Waals surface area contributed by atoms with Crippen LogP contribution < -0.4 is 0 Å². The summed E-state index contributed by atoms with van der Waals surface area (Å²) in [5, 5.41) is 20.7. The minimum Gasteiger partial charge on any atom is -0.393 e. The van der Waals surface area contributed by atoms with Crippen molar-refractivity contribution >= 4 is 17.3 Å². The van der Waals surface area contributed by atoms with Crippen LogP contribution in [0.2, 0.25) is 5.02 Å². The maximum atomic E-state index is 10.6. The Morgan fingerprint density at radius 3 is 2.61 bits per heavy atom. The molecule has 0 aliphatic rings. The fourth-order valence-corrected chi connectivity index (χ4v) is 2.11. The van der Waals surface area contributed by atoms with E-state index >= 15 is 0 Å². The highest BCUT2D eigenvalue weighted by atomic mass is 35.5. The number of nitro groups is 1. The Morgan fingerprint density at radius 1 is 1.44 bits per heavy atom. The molecule has 0 aromatic heterocycles. The molecule has 0 amide bonds. The van der Waals surface area contributed by atoms with Gasteiger partial charge in [-0.25, -0.2) is 0 Å². The van der Waals surface area contributed by atoms with Crippen LogP contribution in [0.15, 0.2) is 18.2 Å². The second kappa shape index (κ2) is 6.71. The van der Waals surface area contributed by atoms with Gasteiger partial charge >= 0.3 is 0 Å². The average Bonchev–Trinajstić information content (AvgIpc) is 2.26. The Bertz CT molecular complexity index is 421. The third-order valence-electron chi connectivity index (χ3n) is 2.74. The Labute approximate surface area is 112 Å². The number of hydrogen-bond donors (Lipinski definition) is 1. The van der Waals surface area contributed by atoms with Crippen LogP contribution in [0.1, 0.15) is 32.3 Å². The molecule has 4 nitrogen and oxygen atoms in total. The van der Waals surface area contributed by atoms with E-state index in [2.05, 4.69) is 13.8 Å². The molecule has 0 saturated heterocycles. The Balaban J connectivity index is 2.60. The van der Waals surface area contributed by atoms with Crippen molar-refractivity contribution in [1.82, 2.24) is 0 Å². The number of benzene rings is 1. The number of halogens is 1. The molecule has 5 heteroatoms. The van der Waals surface area contributed by atoms with E-state index in [-0.39, 0.29) is 11.8 Å². The number of nitrogens with zero attached hydrogens (tertiary/aromatic N) is 1. The van der Waals surface area contributed by atoms with Crippen LogP contribution in [0.5, 0.6) is 0 Å². The smallest absolute Gasteiger partial charge is 0.270 e. The van der Waals surface area contributed by atoms with Gasteiger partial charge in [-0.3, -0.25) is 10.1 Å². The minimum absolute atomic E-state index is 0.00789. The van der Waals surface area contributed by atoms with Crippen LogP contribution in [0.25, 0.3) is 0 Å². The molecule has 18 heavy (non-hydrogen) atoms. The lowest BCUT2D eigenvalue weighted by molar-refractivity contribution is -0.384. The van der Waals surface area contributed by atoms with Crippen LogP contribution in [-0.2, 0) is 6.42 Å². The summed E-state index contributed by atoms with van der Waals surface area (Å²) in [5.41, 5.74) is 0.830. The Morgan fingerprint density at radius 2 is 2.11 bits per heavy atom. The molecule has 0 radical (unpaired) electrons. The fourth-order valence-electron chi connectivity index (χ4n) is 1.84. The van der Waals surface area contributed by atoms with Gasteiger partial charge in [0.1, 0.15) is 0 Å². The highest BCUT2D eigenvalue weighted by Crippen LogP contribution is 2.24. The van der Waals surface area contributed by atoms with Gasteiger partial charge in [-0.1, -0.05) is 31.5 Å². The van der Waals surface area contributed by atoms with Gasteiger partial charge in [0.2, 0.25) is 0 Å². The van der Waals surface area contributed by atoms with E-state index in [1.807, 2.05) is 0 Å². The monoisotopic (exact) mass is 271 g/mol. The third kappa shape index (κ3) is 4.63. The lowest BCUT2D eigenvalue weighted by Crippen LogP contribution is -2.11. The van der Waals surface area contributed by atoms with Crippen molar-refractivity contribution in [1.29, 1.82) is 0 Å². The SMILES string of the molecule is CC(C)CC(O)CCc1ccc([N+](=O)[O-])cc1Cl. The summed E-state index contributed by atoms with van der Waals surface area (Å²) in [6, 6.07) is 4.45. The fraction of sp³-hybridized carbons (Fsp3) is 0.538. The molecule has 1 N–H and O–H groups in total. The van der Waals surface area contributed by atoms with Crippen LogP contribution in [0.3, 0.4) is 0 Å². The van der Waals surface area contributed by atoms with E-state index in [4.69, 9.17) is 11.6 Å². The van der Waals surface area contributed by atoms with Crippen molar-refractivity contribution in [3.63, 3.8) is 0 Å². The standard InChI is InChI=1S/C13H18ClNO3/c1-9(2)7-12(16)6-4-10-3-5-11(15(17)18)8-13(10)14/h3,5,8-9,12,16H,4,6-7H2,1-2H3. The third-order valence-corrected chi connectivity index (χ3v) is 3.09. The number of hydrogen-bond acceptors (Lipinski definition) is 3. The zero-order valence-corrected chi connectivity index (χ0v) is 11.4. The summed E-state index contributed by atoms with van der Waals surface area (Å²) in [4.78, 5) is 10.1. The average molecular weight is 272 g/mol. The van der Waals surface area contributed by atoms with E-state index in [1.165, 1.54) is 12.1 Å². The topological polar surface area (TPSA) is 63.4 Å². The number of aliphatic hydroxyl groups is 1. The van der Waals surface area contributed by atoms with Gasteiger partial charge in [-0.15, -0.1) is 0 Å². The molecule has 1 rings (SSSR count). The largest absolute Gasteiger partial charge is 0.393 e. The molecule has 0 fully saturated rings. The zero-order valence-electron chi connectivity index (χ0n) is 10.6. The van der Waals surface area contributed by atoms with Crippen LogP contribution in [-0.4, -0.2) is 16.1 Å². The van der Waals surface area contributed by atoms with Gasteiger partial charge in [-0.05, 0) is 30.7 Å². The normalized spacial score (nSPS) is 12.7. The molecule has 1 aromatic carbocycles. The Hall–Kier alpha value is -1.13. The van der Waals surface area contributed by atoms with Crippen molar-refractivity contribution in [2.45, 2.75) is 39.2 Å². The summed E-state index contributed by atoms with van der Waals surface area (Å²) >= 11 is 5.98. The number of aliphatic hydroxyl groups excluding tert-OH is 1. The second-order valence-corrected chi connectivity index (χ2v) is 5.26. The Kier molecular flexibility index (Phi) is 5.56. The van der Waals surface area contributed by atoms with Gasteiger partial charge in [0.15, 0.2) is 0 Å². The van der Waals surface area contributed by atoms with Gasteiger partial charge in [0, 0.05) is 12.1 Å². The molecule has 100 valence electrons. The maximum Gasteiger partial charge on any atom is 0.270 e. The van der Waals surface area contributed by atoms with E-state index < -0.39 is 4.92 Å². The van der Waals surface area contributed by atoms with Crippen molar-refractivity contribution in [3.8, 4) is 0 Å². The summed E-state index contributed by atoms with van der Waals surface area (Å²) in [6.07, 6.45) is 1.65. The first kappa shape index (κ1) is 14.9. The molecule has 1 unspecified atom stereocenters. The molecule has 0 bridgehead atoms. The molecule has 0 aliphatic heterocycles. The molecule has 1 aromatic rings. The van der Waals surface area contributed by atoms with Gasteiger partial charge in [0.05, 0.1) is 16.0 Å². The van der Waals surface area contributed by atoms with Crippen molar-refractivity contribution in [3.05, 3.63) is 38.9 Å². The second-order valence-electron chi connectivity index (χ2n) is 4.85. The quantitative estimate of drug-likeness (QED) is 0.635. The molecule has 0 heterocycles. The number of rotatable bonds is 6. The van der Waals surface area contributed by atoms with Gasteiger partial charge < -0.3 is 5.11 Å². The van der Waals surface area contributed by atoms with Crippen LogP contribution in [0, 0.1) is 16.0 Å². The van der Waals surface area contributed by atoms with Crippen molar-refractivity contribution in [2.75, 3.05) is 0 Å². The van der Waals surface area contributed by atoms with E-state index in [1.54, 1.807) is 6.07 Å². The predicted molar refractivity (Wildman–Crippen MR) is 71.9 cm³/mol. The maximum absolute atomic E-state index is 10.6. The summed E-state index contributed by atoms with van der Waals surface area (Å²) in [7, 11) is 0. The van der Waals surface area contributed by atoms with E-state index in [0.29, 0.717) is 23.8 Å². The molecule has 0 saturated carbocycles. The first-order chi connectivity index (χ1) is 8.40. The molecular formula is C13H18ClNO3. The molecule has 0 aliphatic carbocycles. The lowest BCUT2D eigenvalue weighted by atomic mass is 9.99. The first-order valence-electron chi connectivity index (χ1n) is 6.01. The van der Waals surface area contributed by atoms with Crippen molar-refractivity contribution in [2.24, 2.45) is 5.92 Å². The summed E-state index contributed by atoms with van der Waals surface area (Å²) < 4.78 is 0. The summed E-state index contributed by atoms with van der Waals surface area (Å²) in [6.45, 7) is 4.12.